The molecular weight excluding hydrogens is 339 g/mol. The quantitative estimate of drug-likeness (QED) is 0.658. The topological polar surface area (TPSA) is 73.8 Å². The first-order chi connectivity index (χ1) is 11.8. The monoisotopic (exact) mass is 361 g/mol. The Kier molecular flexibility index (Phi) is 7.03. The molecule has 1 aliphatic rings. The third-order valence-corrected chi connectivity index (χ3v) is 3.74. The molecule has 140 valence electrons. The van der Waals surface area contributed by atoms with Crippen molar-refractivity contribution < 1.29 is 27.8 Å². The summed E-state index contributed by atoms with van der Waals surface area (Å²) in [4.78, 5) is 13.8. The predicted molar refractivity (Wildman–Crippen MR) is 85.3 cm³/mol. The fourth-order valence-electron chi connectivity index (χ4n) is 2.35. The largest absolute Gasteiger partial charge is 0.491 e. The molecule has 3 N–H and O–H groups in total. The molecule has 1 heterocycles. The maximum absolute atomic E-state index is 12.4. The van der Waals surface area contributed by atoms with E-state index in [0.717, 1.165) is 38.3 Å². The number of carbonyl (C=O) groups excluding carboxylic acids is 1. The van der Waals surface area contributed by atoms with Crippen molar-refractivity contribution in [3.05, 3.63) is 29.8 Å². The van der Waals surface area contributed by atoms with Gasteiger partial charge in [-0.25, -0.2) is 0 Å². The van der Waals surface area contributed by atoms with Gasteiger partial charge in [-0.1, -0.05) is 0 Å². The average Bonchev–Trinajstić information content (AvgIpc) is 2.58. The van der Waals surface area contributed by atoms with E-state index in [1.54, 1.807) is 0 Å². The lowest BCUT2D eigenvalue weighted by molar-refractivity contribution is -0.137. The highest BCUT2D eigenvalue weighted by molar-refractivity contribution is 5.78. The first-order valence-electron chi connectivity index (χ1n) is 8.02. The van der Waals surface area contributed by atoms with Crippen LogP contribution in [0, 0.1) is 0 Å². The lowest BCUT2D eigenvalue weighted by Gasteiger charge is -2.26. The number of aliphatic hydroxyl groups is 1. The van der Waals surface area contributed by atoms with Crippen LogP contribution in [0.2, 0.25) is 0 Å². The summed E-state index contributed by atoms with van der Waals surface area (Å²) in [5, 5.41) is 15.6. The minimum atomic E-state index is -4.40. The summed E-state index contributed by atoms with van der Waals surface area (Å²) in [6, 6.07) is 4.21. The van der Waals surface area contributed by atoms with E-state index in [-0.39, 0.29) is 31.4 Å². The van der Waals surface area contributed by atoms with Crippen molar-refractivity contribution in [3.8, 4) is 5.75 Å². The second-order valence-corrected chi connectivity index (χ2v) is 5.82. The summed E-state index contributed by atoms with van der Waals surface area (Å²) in [5.41, 5.74) is -0.763. The normalized spacial score (nSPS) is 17.1. The van der Waals surface area contributed by atoms with Crippen LogP contribution >= 0.6 is 0 Å². The molecule has 0 spiro atoms. The van der Waals surface area contributed by atoms with E-state index in [4.69, 9.17) is 4.74 Å². The minimum Gasteiger partial charge on any atom is -0.491 e. The number of rotatable bonds is 7. The zero-order chi connectivity index (χ0) is 18.3. The number of benzene rings is 1. The third-order valence-electron chi connectivity index (χ3n) is 3.74. The van der Waals surface area contributed by atoms with Gasteiger partial charge in [0.2, 0.25) is 5.91 Å². The predicted octanol–water partition coefficient (Wildman–Crippen LogP) is 0.467. The molecule has 1 aromatic rings. The number of amides is 1. The van der Waals surface area contributed by atoms with Crippen molar-refractivity contribution in [1.82, 2.24) is 15.5 Å². The molecule has 6 nitrogen and oxygen atoms in total. The van der Waals surface area contributed by atoms with Crippen LogP contribution in [0.15, 0.2) is 24.3 Å². The highest BCUT2D eigenvalue weighted by Crippen LogP contribution is 2.30. The Labute approximate surface area is 144 Å². The van der Waals surface area contributed by atoms with E-state index in [1.165, 1.54) is 12.1 Å². The van der Waals surface area contributed by atoms with Crippen LogP contribution in [0.25, 0.3) is 0 Å². The van der Waals surface area contributed by atoms with E-state index in [2.05, 4.69) is 10.6 Å². The van der Waals surface area contributed by atoms with E-state index >= 15 is 0 Å². The van der Waals surface area contributed by atoms with Crippen LogP contribution < -0.4 is 15.4 Å². The van der Waals surface area contributed by atoms with Crippen molar-refractivity contribution >= 4 is 5.91 Å². The van der Waals surface area contributed by atoms with Gasteiger partial charge in [-0.05, 0) is 24.3 Å². The summed E-state index contributed by atoms with van der Waals surface area (Å²) >= 11 is 0. The van der Waals surface area contributed by atoms with Crippen LogP contribution in [0.1, 0.15) is 5.56 Å². The number of nitrogens with zero attached hydrogens (tertiary/aromatic N) is 1. The van der Waals surface area contributed by atoms with Gasteiger partial charge in [-0.15, -0.1) is 0 Å². The van der Waals surface area contributed by atoms with E-state index in [9.17, 15) is 23.1 Å². The Balaban J connectivity index is 1.66. The first kappa shape index (κ1) is 19.5. The van der Waals surface area contributed by atoms with Gasteiger partial charge >= 0.3 is 6.18 Å². The number of alkyl halides is 3. The molecule has 1 fully saturated rings. The molecule has 9 heteroatoms. The molecule has 1 aromatic carbocycles. The Morgan fingerprint density at radius 3 is 2.52 bits per heavy atom. The van der Waals surface area contributed by atoms with E-state index in [0.29, 0.717) is 0 Å². The Hall–Kier alpha value is -1.84. The molecule has 0 bridgehead atoms. The minimum absolute atomic E-state index is 0.0194. The smallest absolute Gasteiger partial charge is 0.416 e. The van der Waals surface area contributed by atoms with Gasteiger partial charge in [0.15, 0.2) is 0 Å². The SMILES string of the molecule is O=C(CN1CCNCC1)NCC(O)COc1ccc(C(F)(F)F)cc1. The van der Waals surface area contributed by atoms with Gasteiger partial charge in [0.25, 0.3) is 0 Å². The zero-order valence-electron chi connectivity index (χ0n) is 13.7. The zero-order valence-corrected chi connectivity index (χ0v) is 13.7. The van der Waals surface area contributed by atoms with Crippen molar-refractivity contribution in [3.63, 3.8) is 0 Å². The number of piperazine rings is 1. The van der Waals surface area contributed by atoms with Gasteiger partial charge in [0, 0.05) is 32.7 Å². The fourth-order valence-corrected chi connectivity index (χ4v) is 2.35. The third kappa shape index (κ3) is 6.89. The van der Waals surface area contributed by atoms with Crippen molar-refractivity contribution in [1.29, 1.82) is 0 Å². The van der Waals surface area contributed by atoms with Gasteiger partial charge in [-0.2, -0.15) is 13.2 Å². The highest BCUT2D eigenvalue weighted by Gasteiger charge is 2.30. The summed E-state index contributed by atoms with van der Waals surface area (Å²) in [6.07, 6.45) is -5.35. The lowest BCUT2D eigenvalue weighted by Crippen LogP contribution is -2.48. The standard InChI is InChI=1S/C16H22F3N3O3/c17-16(18,19)12-1-3-14(4-2-12)25-11-13(23)9-21-15(24)10-22-7-5-20-6-8-22/h1-4,13,20,23H,5-11H2,(H,21,24). The molecule has 1 saturated heterocycles. The molecule has 1 amide bonds. The highest BCUT2D eigenvalue weighted by atomic mass is 19.4. The van der Waals surface area contributed by atoms with Gasteiger partial charge < -0.3 is 20.5 Å². The van der Waals surface area contributed by atoms with Crippen LogP contribution in [-0.2, 0) is 11.0 Å². The van der Waals surface area contributed by atoms with Crippen molar-refractivity contribution in [2.24, 2.45) is 0 Å². The Morgan fingerprint density at radius 2 is 1.92 bits per heavy atom. The van der Waals surface area contributed by atoms with Crippen LogP contribution in [0.3, 0.4) is 0 Å². The number of nitrogens with one attached hydrogen (secondary N) is 2. The molecular formula is C16H22F3N3O3. The molecule has 0 radical (unpaired) electrons. The number of halogens is 3. The molecule has 1 aliphatic heterocycles. The molecule has 25 heavy (non-hydrogen) atoms. The van der Waals surface area contributed by atoms with Gasteiger partial charge in [0.1, 0.15) is 18.5 Å². The van der Waals surface area contributed by atoms with Crippen LogP contribution in [0.4, 0.5) is 13.2 Å². The first-order valence-corrected chi connectivity index (χ1v) is 8.02. The second kappa shape index (κ2) is 9.02. The number of ether oxygens (including phenoxy) is 1. The van der Waals surface area contributed by atoms with Crippen molar-refractivity contribution in [2.75, 3.05) is 45.9 Å². The maximum atomic E-state index is 12.4. The molecule has 1 atom stereocenters. The second-order valence-electron chi connectivity index (χ2n) is 5.82. The summed E-state index contributed by atoms with van der Waals surface area (Å²) in [6.45, 7) is 3.45. The molecule has 1 unspecified atom stereocenters. The summed E-state index contributed by atoms with van der Waals surface area (Å²) in [7, 11) is 0. The molecule has 0 aliphatic carbocycles. The average molecular weight is 361 g/mol. The Bertz CT molecular complexity index is 546. The Morgan fingerprint density at radius 1 is 1.28 bits per heavy atom. The van der Waals surface area contributed by atoms with E-state index in [1.807, 2.05) is 4.90 Å². The van der Waals surface area contributed by atoms with Crippen LogP contribution in [0.5, 0.6) is 5.75 Å². The number of aliphatic hydroxyl groups excluding tert-OH is 1. The lowest BCUT2D eigenvalue weighted by atomic mass is 10.2. The summed E-state index contributed by atoms with van der Waals surface area (Å²) < 4.78 is 42.6. The van der Waals surface area contributed by atoms with Crippen LogP contribution in [-0.4, -0.2) is 67.9 Å². The van der Waals surface area contributed by atoms with Gasteiger partial charge in [-0.3, -0.25) is 9.69 Å². The number of hydrogen-bond acceptors (Lipinski definition) is 5. The van der Waals surface area contributed by atoms with E-state index < -0.39 is 17.8 Å². The number of hydrogen-bond donors (Lipinski definition) is 3. The van der Waals surface area contributed by atoms with Crippen molar-refractivity contribution in [2.45, 2.75) is 12.3 Å². The van der Waals surface area contributed by atoms with Gasteiger partial charge in [0.05, 0.1) is 12.1 Å². The molecule has 0 aromatic heterocycles. The molecule has 2 rings (SSSR count). The maximum Gasteiger partial charge on any atom is 0.416 e. The summed E-state index contributed by atoms with van der Waals surface area (Å²) in [5.74, 6) is 0.0367. The molecule has 0 saturated carbocycles. The fraction of sp³-hybridized carbons (Fsp3) is 0.562. The number of carbonyl (C=O) groups is 1.